The van der Waals surface area contributed by atoms with E-state index in [0.29, 0.717) is 44.0 Å². The van der Waals surface area contributed by atoms with Gasteiger partial charge >= 0.3 is 0 Å². The Kier molecular flexibility index (Phi) is 6.13. The molecule has 1 unspecified atom stereocenters. The Morgan fingerprint density at radius 1 is 0.968 bits per heavy atom. The molecule has 2 amide bonds. The van der Waals surface area contributed by atoms with Crippen LogP contribution in [-0.4, -0.2) is 63.6 Å². The molecule has 2 aromatic carbocycles. The van der Waals surface area contributed by atoms with E-state index >= 15 is 0 Å². The molecule has 0 saturated carbocycles. The van der Waals surface area contributed by atoms with Gasteiger partial charge in [0.25, 0.3) is 5.91 Å². The third kappa shape index (κ3) is 4.67. The molecule has 2 N–H and O–H groups in total. The number of hydrogen-bond acceptors (Lipinski definition) is 4. The number of hydrogen-bond donors (Lipinski definition) is 1. The van der Waals surface area contributed by atoms with Crippen LogP contribution >= 0.6 is 0 Å². The fourth-order valence-corrected chi connectivity index (χ4v) is 3.90. The summed E-state index contributed by atoms with van der Waals surface area (Å²) in [5.74, 6) is -0.377. The average Bonchev–Trinajstić information content (AvgIpc) is 3.23. The van der Waals surface area contributed by atoms with Crippen molar-refractivity contribution < 1.29 is 9.59 Å². The number of benzene rings is 2. The first-order valence-corrected chi connectivity index (χ1v) is 10.5. The molecule has 0 radical (unpaired) electrons. The van der Waals surface area contributed by atoms with Crippen LogP contribution < -0.4 is 5.73 Å². The van der Waals surface area contributed by atoms with Crippen LogP contribution in [0.1, 0.15) is 22.8 Å². The molecule has 1 aliphatic rings. The Balaban J connectivity index is 1.58. The first kappa shape index (κ1) is 20.8. The molecule has 1 aliphatic heterocycles. The zero-order chi connectivity index (χ0) is 21.8. The number of aromatic nitrogens is 2. The second kappa shape index (κ2) is 9.14. The zero-order valence-electron chi connectivity index (χ0n) is 17.6. The molecule has 1 fully saturated rings. The van der Waals surface area contributed by atoms with Crippen LogP contribution in [0.25, 0.3) is 11.3 Å². The molecule has 4 rings (SSSR count). The largest absolute Gasteiger partial charge is 0.368 e. The highest BCUT2D eigenvalue weighted by molar-refractivity contribution is 6.00. The minimum atomic E-state index is -0.340. The van der Waals surface area contributed by atoms with E-state index in [1.165, 1.54) is 0 Å². The van der Waals surface area contributed by atoms with Gasteiger partial charge in [-0.2, -0.15) is 5.10 Å². The van der Waals surface area contributed by atoms with Crippen LogP contribution in [0.2, 0.25) is 0 Å². The fourth-order valence-electron chi connectivity index (χ4n) is 3.90. The smallest absolute Gasteiger partial charge is 0.257 e. The molecule has 1 saturated heterocycles. The first-order chi connectivity index (χ1) is 15.0. The van der Waals surface area contributed by atoms with Crippen LogP contribution in [0.5, 0.6) is 0 Å². The lowest BCUT2D eigenvalue weighted by atomic mass is 10.1. The van der Waals surface area contributed by atoms with E-state index in [-0.39, 0.29) is 17.9 Å². The second-order valence-electron chi connectivity index (χ2n) is 7.85. The van der Waals surface area contributed by atoms with Crippen molar-refractivity contribution in [3.05, 3.63) is 78.0 Å². The van der Waals surface area contributed by atoms with Gasteiger partial charge in [0, 0.05) is 37.9 Å². The summed E-state index contributed by atoms with van der Waals surface area (Å²) in [6.07, 6.45) is 1.84. The van der Waals surface area contributed by atoms with E-state index in [1.54, 1.807) is 6.92 Å². The number of rotatable bonds is 6. The summed E-state index contributed by atoms with van der Waals surface area (Å²) >= 11 is 0. The SMILES string of the molecule is CC(C(N)=O)N1CCN(C(=O)c2cn(Cc3ccccc3)nc2-c2ccccc2)CC1. The first-order valence-electron chi connectivity index (χ1n) is 10.5. The Bertz CT molecular complexity index is 1040. The van der Waals surface area contributed by atoms with Crippen LogP contribution in [0.3, 0.4) is 0 Å². The highest BCUT2D eigenvalue weighted by Gasteiger charge is 2.29. The Morgan fingerprint density at radius 3 is 2.19 bits per heavy atom. The number of amides is 2. The minimum Gasteiger partial charge on any atom is -0.368 e. The van der Waals surface area contributed by atoms with E-state index in [9.17, 15) is 9.59 Å². The van der Waals surface area contributed by atoms with Crippen LogP contribution in [0.15, 0.2) is 66.9 Å². The summed E-state index contributed by atoms with van der Waals surface area (Å²) in [6, 6.07) is 19.5. The van der Waals surface area contributed by atoms with Gasteiger partial charge in [0.15, 0.2) is 0 Å². The maximum absolute atomic E-state index is 13.4. The topological polar surface area (TPSA) is 84.5 Å². The molecule has 1 aromatic heterocycles. The van der Waals surface area contributed by atoms with Gasteiger partial charge < -0.3 is 10.6 Å². The lowest BCUT2D eigenvalue weighted by molar-refractivity contribution is -0.123. The number of nitrogens with two attached hydrogens (primary N) is 1. The van der Waals surface area contributed by atoms with Crippen molar-refractivity contribution >= 4 is 11.8 Å². The maximum Gasteiger partial charge on any atom is 0.257 e. The normalized spacial score (nSPS) is 15.6. The predicted octanol–water partition coefficient (Wildman–Crippen LogP) is 2.23. The highest BCUT2D eigenvalue weighted by atomic mass is 16.2. The zero-order valence-corrected chi connectivity index (χ0v) is 17.6. The lowest BCUT2D eigenvalue weighted by Gasteiger charge is -2.36. The number of primary amides is 1. The summed E-state index contributed by atoms with van der Waals surface area (Å²) in [6.45, 7) is 4.74. The summed E-state index contributed by atoms with van der Waals surface area (Å²) in [5.41, 5.74) is 8.75. The monoisotopic (exact) mass is 417 g/mol. The molecule has 3 aromatic rings. The van der Waals surface area contributed by atoms with Gasteiger partial charge in [0.05, 0.1) is 18.2 Å². The third-order valence-electron chi connectivity index (χ3n) is 5.79. The number of piperazine rings is 1. The van der Waals surface area contributed by atoms with Crippen molar-refractivity contribution in [2.24, 2.45) is 5.73 Å². The number of carbonyl (C=O) groups is 2. The number of carbonyl (C=O) groups excluding carboxylic acids is 2. The van der Waals surface area contributed by atoms with Gasteiger partial charge in [-0.05, 0) is 12.5 Å². The van der Waals surface area contributed by atoms with Crippen molar-refractivity contribution in [1.29, 1.82) is 0 Å². The lowest BCUT2D eigenvalue weighted by Crippen LogP contribution is -2.54. The molecule has 0 aliphatic carbocycles. The van der Waals surface area contributed by atoms with E-state index in [2.05, 4.69) is 0 Å². The van der Waals surface area contributed by atoms with E-state index < -0.39 is 0 Å². The molecule has 1 atom stereocenters. The highest BCUT2D eigenvalue weighted by Crippen LogP contribution is 2.24. The van der Waals surface area contributed by atoms with E-state index in [4.69, 9.17) is 10.8 Å². The van der Waals surface area contributed by atoms with Crippen LogP contribution in [0, 0.1) is 0 Å². The van der Waals surface area contributed by atoms with Gasteiger partial charge in [-0.3, -0.25) is 19.2 Å². The molecule has 7 heteroatoms. The second-order valence-corrected chi connectivity index (χ2v) is 7.85. The molecule has 7 nitrogen and oxygen atoms in total. The van der Waals surface area contributed by atoms with Gasteiger partial charge in [-0.15, -0.1) is 0 Å². The standard InChI is InChI=1S/C24H27N5O2/c1-18(23(25)30)27-12-14-28(15-13-27)24(31)21-17-29(16-19-8-4-2-5-9-19)26-22(21)20-10-6-3-7-11-20/h2-11,17-18H,12-16H2,1H3,(H2,25,30). The summed E-state index contributed by atoms with van der Waals surface area (Å²) in [4.78, 5) is 28.8. The van der Waals surface area contributed by atoms with Crippen molar-refractivity contribution in [2.45, 2.75) is 19.5 Å². The van der Waals surface area contributed by atoms with Gasteiger partial charge in [-0.1, -0.05) is 60.7 Å². The quantitative estimate of drug-likeness (QED) is 0.667. The number of nitrogens with zero attached hydrogens (tertiary/aromatic N) is 4. The average molecular weight is 418 g/mol. The van der Waals surface area contributed by atoms with Crippen molar-refractivity contribution in [1.82, 2.24) is 19.6 Å². The molecular weight excluding hydrogens is 390 g/mol. The minimum absolute atomic E-state index is 0.0375. The predicted molar refractivity (Wildman–Crippen MR) is 119 cm³/mol. The van der Waals surface area contributed by atoms with Crippen molar-refractivity contribution in [3.8, 4) is 11.3 Å². The third-order valence-corrected chi connectivity index (χ3v) is 5.79. The van der Waals surface area contributed by atoms with E-state index in [0.717, 1.165) is 11.1 Å². The molecule has 0 bridgehead atoms. The van der Waals surface area contributed by atoms with Crippen LogP contribution in [0.4, 0.5) is 0 Å². The molecule has 0 spiro atoms. The van der Waals surface area contributed by atoms with Gasteiger partial charge in [-0.25, -0.2) is 0 Å². The summed E-state index contributed by atoms with van der Waals surface area (Å²) < 4.78 is 1.83. The van der Waals surface area contributed by atoms with Crippen molar-refractivity contribution in [2.75, 3.05) is 26.2 Å². The molecule has 2 heterocycles. The molecular formula is C24H27N5O2. The van der Waals surface area contributed by atoms with Crippen LogP contribution in [-0.2, 0) is 11.3 Å². The molecule has 160 valence electrons. The Morgan fingerprint density at radius 2 is 1.58 bits per heavy atom. The van der Waals surface area contributed by atoms with Gasteiger partial charge in [0.2, 0.25) is 5.91 Å². The summed E-state index contributed by atoms with van der Waals surface area (Å²) in [7, 11) is 0. The van der Waals surface area contributed by atoms with E-state index in [1.807, 2.05) is 81.3 Å². The molecule has 31 heavy (non-hydrogen) atoms. The van der Waals surface area contributed by atoms with Crippen molar-refractivity contribution in [3.63, 3.8) is 0 Å². The van der Waals surface area contributed by atoms with Gasteiger partial charge in [0.1, 0.15) is 5.69 Å². The summed E-state index contributed by atoms with van der Waals surface area (Å²) in [5, 5.41) is 4.76. The Hall–Kier alpha value is -3.45. The Labute approximate surface area is 182 Å². The maximum atomic E-state index is 13.4. The fraction of sp³-hybridized carbons (Fsp3) is 0.292.